The summed E-state index contributed by atoms with van der Waals surface area (Å²) in [6.07, 6.45) is 2.43. The predicted octanol–water partition coefficient (Wildman–Crippen LogP) is 3.42. The highest BCUT2D eigenvalue weighted by Gasteiger charge is 2.58. The van der Waals surface area contributed by atoms with Gasteiger partial charge in [0.15, 0.2) is 17.2 Å². The van der Waals surface area contributed by atoms with Gasteiger partial charge in [-0.25, -0.2) is 0 Å². The Morgan fingerprint density at radius 3 is 2.15 bits per heavy atom. The van der Waals surface area contributed by atoms with Gasteiger partial charge < -0.3 is 15.3 Å². The van der Waals surface area contributed by atoms with E-state index in [1.807, 2.05) is 41.5 Å². The molecule has 146 valence electrons. The molecule has 0 heterocycles. The fourth-order valence-corrected chi connectivity index (χ4v) is 3.16. The standard InChI is InChI=1S/C21H32O5/c1-12(2)7-9-15-19(24)18(16(22)11-14(5)6)20(25)21(15,26)17(23)10-8-13(3)4/h7-8,14-15,17,23,25-26H,9-11H2,1-6H3/t15-,17+,21?/m0/s1. The summed E-state index contributed by atoms with van der Waals surface area (Å²) in [7, 11) is 0. The first-order valence-electron chi connectivity index (χ1n) is 9.11. The van der Waals surface area contributed by atoms with E-state index in [4.69, 9.17) is 0 Å². The minimum absolute atomic E-state index is 0.0103. The van der Waals surface area contributed by atoms with Gasteiger partial charge >= 0.3 is 0 Å². The molecular weight excluding hydrogens is 332 g/mol. The van der Waals surface area contributed by atoms with E-state index in [-0.39, 0.29) is 30.8 Å². The van der Waals surface area contributed by atoms with Gasteiger partial charge in [-0.05, 0) is 46.5 Å². The number of Topliss-reactive ketones (excluding diaryl/α,β-unsaturated/α-hetero) is 2. The summed E-state index contributed by atoms with van der Waals surface area (Å²) in [4.78, 5) is 25.3. The molecule has 1 rings (SSSR count). The van der Waals surface area contributed by atoms with Crippen molar-refractivity contribution in [2.75, 3.05) is 0 Å². The van der Waals surface area contributed by atoms with Crippen molar-refractivity contribution in [1.82, 2.24) is 0 Å². The molecule has 3 N–H and O–H groups in total. The lowest BCUT2D eigenvalue weighted by molar-refractivity contribution is -0.134. The molecule has 26 heavy (non-hydrogen) atoms. The first-order chi connectivity index (χ1) is 11.9. The van der Waals surface area contributed by atoms with Crippen LogP contribution in [0.25, 0.3) is 0 Å². The van der Waals surface area contributed by atoms with Crippen molar-refractivity contribution >= 4 is 11.6 Å². The largest absolute Gasteiger partial charge is 0.508 e. The third kappa shape index (κ3) is 4.71. The molecule has 0 saturated carbocycles. The van der Waals surface area contributed by atoms with Crippen molar-refractivity contribution in [2.24, 2.45) is 11.8 Å². The molecule has 3 atom stereocenters. The average Bonchev–Trinajstić information content (AvgIpc) is 2.69. The topological polar surface area (TPSA) is 94.8 Å². The number of hydrogen-bond donors (Lipinski definition) is 3. The SMILES string of the molecule is CC(C)=CC[C@@H](O)C1(O)C(O)=C(C(=O)CC(C)C)C(=O)[C@@H]1CC=C(C)C. The first kappa shape index (κ1) is 22.3. The van der Waals surface area contributed by atoms with Crippen LogP contribution in [0.2, 0.25) is 0 Å². The summed E-state index contributed by atoms with van der Waals surface area (Å²) < 4.78 is 0. The second-order valence-corrected chi connectivity index (χ2v) is 8.04. The van der Waals surface area contributed by atoms with Gasteiger partial charge in [0.2, 0.25) is 0 Å². The number of aliphatic hydroxyl groups excluding tert-OH is 2. The molecule has 5 heteroatoms. The van der Waals surface area contributed by atoms with Crippen molar-refractivity contribution in [3.63, 3.8) is 0 Å². The summed E-state index contributed by atoms with van der Waals surface area (Å²) in [5.74, 6) is -2.84. The number of carbonyl (C=O) groups is 2. The van der Waals surface area contributed by atoms with E-state index in [1.165, 1.54) is 0 Å². The number of rotatable bonds is 8. The van der Waals surface area contributed by atoms with E-state index in [0.717, 1.165) is 11.1 Å². The molecule has 0 aromatic rings. The lowest BCUT2D eigenvalue weighted by atomic mass is 9.80. The minimum Gasteiger partial charge on any atom is -0.508 e. The van der Waals surface area contributed by atoms with Crippen LogP contribution < -0.4 is 0 Å². The van der Waals surface area contributed by atoms with Crippen LogP contribution in [0.5, 0.6) is 0 Å². The van der Waals surface area contributed by atoms with Crippen molar-refractivity contribution < 1.29 is 24.9 Å². The zero-order valence-electron chi connectivity index (χ0n) is 16.7. The summed E-state index contributed by atoms with van der Waals surface area (Å²) in [6.45, 7) is 11.1. The minimum atomic E-state index is -2.16. The Balaban J connectivity index is 3.38. The zero-order valence-corrected chi connectivity index (χ0v) is 16.7. The molecule has 1 aliphatic carbocycles. The number of aliphatic hydroxyl groups is 3. The second kappa shape index (κ2) is 8.78. The molecule has 0 aromatic heterocycles. The lowest BCUT2D eigenvalue weighted by Gasteiger charge is -2.33. The van der Waals surface area contributed by atoms with Gasteiger partial charge in [0.05, 0.1) is 12.0 Å². The summed E-state index contributed by atoms with van der Waals surface area (Å²) in [5, 5.41) is 32.4. The quantitative estimate of drug-likeness (QED) is 0.453. The third-order valence-electron chi connectivity index (χ3n) is 4.60. The Morgan fingerprint density at radius 1 is 1.15 bits per heavy atom. The highest BCUT2D eigenvalue weighted by Crippen LogP contribution is 2.43. The molecule has 0 bridgehead atoms. The van der Waals surface area contributed by atoms with E-state index < -0.39 is 34.9 Å². The third-order valence-corrected chi connectivity index (χ3v) is 4.60. The van der Waals surface area contributed by atoms with Crippen LogP contribution in [0, 0.1) is 11.8 Å². The molecule has 0 aromatic carbocycles. The molecular formula is C21H32O5. The smallest absolute Gasteiger partial charge is 0.176 e. The zero-order chi connectivity index (χ0) is 20.2. The molecule has 0 aliphatic heterocycles. The van der Waals surface area contributed by atoms with Crippen LogP contribution in [0.15, 0.2) is 34.6 Å². The molecule has 1 aliphatic rings. The fourth-order valence-electron chi connectivity index (χ4n) is 3.16. The molecule has 0 spiro atoms. The lowest BCUT2D eigenvalue weighted by Crippen LogP contribution is -2.49. The monoisotopic (exact) mass is 364 g/mol. The van der Waals surface area contributed by atoms with E-state index in [2.05, 4.69) is 0 Å². The van der Waals surface area contributed by atoms with Gasteiger partial charge in [0, 0.05) is 6.42 Å². The maximum Gasteiger partial charge on any atom is 0.176 e. The van der Waals surface area contributed by atoms with Crippen LogP contribution in [-0.4, -0.2) is 38.6 Å². The maximum atomic E-state index is 12.9. The molecule has 0 amide bonds. The summed E-state index contributed by atoms with van der Waals surface area (Å²) in [5.41, 5.74) is -0.626. The van der Waals surface area contributed by atoms with Crippen molar-refractivity contribution in [3.05, 3.63) is 34.6 Å². The van der Waals surface area contributed by atoms with Crippen LogP contribution >= 0.6 is 0 Å². The number of ketones is 2. The Hall–Kier alpha value is -1.72. The normalized spacial score (nSPS) is 24.0. The fraction of sp³-hybridized carbons (Fsp3) is 0.619. The number of carbonyl (C=O) groups excluding carboxylic acids is 2. The Kier molecular flexibility index (Phi) is 7.54. The van der Waals surface area contributed by atoms with Gasteiger partial charge in [-0.3, -0.25) is 9.59 Å². The van der Waals surface area contributed by atoms with Crippen LogP contribution in [0.4, 0.5) is 0 Å². The Morgan fingerprint density at radius 2 is 1.69 bits per heavy atom. The van der Waals surface area contributed by atoms with Gasteiger partial charge in [-0.1, -0.05) is 37.1 Å². The van der Waals surface area contributed by atoms with Gasteiger partial charge in [0.25, 0.3) is 0 Å². The summed E-state index contributed by atoms with van der Waals surface area (Å²) in [6, 6.07) is 0. The van der Waals surface area contributed by atoms with Gasteiger partial charge in [0.1, 0.15) is 11.3 Å². The van der Waals surface area contributed by atoms with Gasteiger partial charge in [-0.2, -0.15) is 0 Å². The average molecular weight is 364 g/mol. The molecule has 0 saturated heterocycles. The molecule has 0 fully saturated rings. The van der Waals surface area contributed by atoms with E-state index in [1.54, 1.807) is 12.2 Å². The summed E-state index contributed by atoms with van der Waals surface area (Å²) >= 11 is 0. The number of hydrogen-bond acceptors (Lipinski definition) is 5. The van der Waals surface area contributed by atoms with Crippen LogP contribution in [0.1, 0.15) is 60.8 Å². The predicted molar refractivity (Wildman–Crippen MR) is 102 cm³/mol. The van der Waals surface area contributed by atoms with Crippen LogP contribution in [-0.2, 0) is 9.59 Å². The van der Waals surface area contributed by atoms with E-state index in [0.29, 0.717) is 0 Å². The van der Waals surface area contributed by atoms with Gasteiger partial charge in [-0.15, -0.1) is 0 Å². The molecule has 1 unspecified atom stereocenters. The number of allylic oxidation sites excluding steroid dienone is 4. The highest BCUT2D eigenvalue weighted by atomic mass is 16.4. The van der Waals surface area contributed by atoms with E-state index >= 15 is 0 Å². The second-order valence-electron chi connectivity index (χ2n) is 8.04. The molecule has 0 radical (unpaired) electrons. The maximum absolute atomic E-state index is 12.9. The Labute approximate surface area is 156 Å². The molecule has 5 nitrogen and oxygen atoms in total. The van der Waals surface area contributed by atoms with Crippen molar-refractivity contribution in [2.45, 2.75) is 72.5 Å². The van der Waals surface area contributed by atoms with Crippen molar-refractivity contribution in [1.29, 1.82) is 0 Å². The Bertz CT molecular complexity index is 645. The van der Waals surface area contributed by atoms with Crippen molar-refractivity contribution in [3.8, 4) is 0 Å². The van der Waals surface area contributed by atoms with Crippen LogP contribution in [0.3, 0.4) is 0 Å². The highest BCUT2D eigenvalue weighted by molar-refractivity contribution is 6.23. The van der Waals surface area contributed by atoms with E-state index in [9.17, 15) is 24.9 Å². The first-order valence-corrected chi connectivity index (χ1v) is 9.11.